The molecule has 0 aliphatic carbocycles. The number of esters is 1. The third kappa shape index (κ3) is 5.09. The van der Waals surface area contributed by atoms with Crippen LogP contribution in [-0.4, -0.2) is 75.8 Å². The molecule has 1 N–H and O–H groups in total. The minimum Gasteiger partial charge on any atom is -0.455 e. The van der Waals surface area contributed by atoms with E-state index in [4.69, 9.17) is 29.2 Å². The number of fused-ring (bicyclic) bond motifs is 1. The number of hydrogen-bond donors (Lipinski definition) is 1. The van der Waals surface area contributed by atoms with Gasteiger partial charge in [0.1, 0.15) is 22.7 Å². The minimum absolute atomic E-state index is 0.0681. The van der Waals surface area contributed by atoms with Crippen molar-refractivity contribution in [2.24, 2.45) is 7.05 Å². The number of amides is 1. The first-order valence-electron chi connectivity index (χ1n) is 9.24. The van der Waals surface area contributed by atoms with Crippen LogP contribution in [0.25, 0.3) is 0 Å². The lowest BCUT2D eigenvalue weighted by atomic mass is 10.0. The van der Waals surface area contributed by atoms with Crippen molar-refractivity contribution in [1.82, 2.24) is 30.4 Å². The van der Waals surface area contributed by atoms with Gasteiger partial charge in [-0.05, 0) is 31.2 Å². The molecule has 0 radical (unpaired) electrons. The number of tetrazole rings is 1. The summed E-state index contributed by atoms with van der Waals surface area (Å²) in [6.07, 6.45) is -5.84. The van der Waals surface area contributed by atoms with Crippen LogP contribution in [0.5, 0.6) is 0 Å². The molecule has 1 fully saturated rings. The molecule has 2 aliphatic heterocycles. The Morgan fingerprint density at radius 2 is 1.97 bits per heavy atom. The van der Waals surface area contributed by atoms with Gasteiger partial charge < -0.3 is 10.1 Å². The fourth-order valence-corrected chi connectivity index (χ4v) is 5.15. The lowest BCUT2D eigenvalue weighted by Gasteiger charge is -2.50. The van der Waals surface area contributed by atoms with Crippen LogP contribution in [0.4, 0.5) is 13.2 Å². The molecule has 1 saturated heterocycles. The molecule has 0 aromatic carbocycles. The van der Waals surface area contributed by atoms with Gasteiger partial charge in [0.25, 0.3) is 5.91 Å². The van der Waals surface area contributed by atoms with Crippen LogP contribution in [-0.2, 0) is 21.4 Å². The molecule has 32 heavy (non-hydrogen) atoms. The van der Waals surface area contributed by atoms with Gasteiger partial charge >= 0.3 is 12.1 Å². The third-order valence-electron chi connectivity index (χ3n) is 4.34. The highest BCUT2D eigenvalue weighted by molar-refractivity contribution is 8.00. The van der Waals surface area contributed by atoms with E-state index in [1.807, 2.05) is 0 Å². The summed E-state index contributed by atoms with van der Waals surface area (Å²) in [6, 6.07) is -1.00. The maximum atomic E-state index is 13.0. The number of carbonyl (C=O) groups is 2. The Labute approximate surface area is 196 Å². The summed E-state index contributed by atoms with van der Waals surface area (Å²) in [5, 5.41) is 12.9. The maximum absolute atomic E-state index is 13.0. The van der Waals surface area contributed by atoms with Gasteiger partial charge in [-0.2, -0.15) is 13.2 Å². The number of halogens is 3. The van der Waals surface area contributed by atoms with E-state index in [1.165, 1.54) is 21.3 Å². The summed E-state index contributed by atoms with van der Waals surface area (Å²) < 4.78 is 44.6. The van der Waals surface area contributed by atoms with Crippen molar-refractivity contribution < 1.29 is 27.5 Å². The van der Waals surface area contributed by atoms with Gasteiger partial charge in [-0.3, -0.25) is 9.69 Å². The number of carbonyl (C=O) groups excluding carboxylic acids is 2. The number of alkyl halides is 3. The molecule has 2 aliphatic rings. The predicted molar refractivity (Wildman–Crippen MR) is 117 cm³/mol. The molecular weight excluding hydrogens is 489 g/mol. The molecular formula is C17H19F3N6O3S3. The van der Waals surface area contributed by atoms with Crippen LogP contribution in [0.3, 0.4) is 0 Å². The van der Waals surface area contributed by atoms with Gasteiger partial charge in [0.15, 0.2) is 5.82 Å². The van der Waals surface area contributed by atoms with Crippen LogP contribution in [0, 0.1) is 0 Å². The molecule has 9 nitrogen and oxygen atoms in total. The van der Waals surface area contributed by atoms with E-state index < -0.39 is 46.5 Å². The summed E-state index contributed by atoms with van der Waals surface area (Å²) in [6.45, 7) is 5.01. The van der Waals surface area contributed by atoms with Gasteiger partial charge in [0.2, 0.25) is 0 Å². The molecule has 0 unspecified atom stereocenters. The van der Waals surface area contributed by atoms with Crippen molar-refractivity contribution in [1.29, 1.82) is 0 Å². The van der Waals surface area contributed by atoms with Crippen LogP contribution < -0.4 is 5.32 Å². The second kappa shape index (κ2) is 8.67. The number of hydrogen-bond acceptors (Lipinski definition) is 9. The van der Waals surface area contributed by atoms with E-state index in [1.54, 1.807) is 27.8 Å². The highest BCUT2D eigenvalue weighted by atomic mass is 32.2. The number of thiocarbonyl (C=S) groups is 2. The average molecular weight is 509 g/mol. The molecule has 2 atom stereocenters. The SMILES string of the molecule is Cn1nnnc1C(=S)C1=C(C(=O)OC(C)(C)C)N2C(=O)[C@@H](NC(=S)CC(F)(F)F)[C@@H]2SC1. The summed E-state index contributed by atoms with van der Waals surface area (Å²) in [7, 11) is 1.57. The van der Waals surface area contributed by atoms with E-state index in [2.05, 4.69) is 20.8 Å². The molecule has 3 heterocycles. The molecule has 1 aromatic heterocycles. The van der Waals surface area contributed by atoms with Crippen LogP contribution in [0.2, 0.25) is 0 Å². The number of β-lactam (4-membered cyclic amide) rings is 1. The first-order valence-corrected chi connectivity index (χ1v) is 11.1. The van der Waals surface area contributed by atoms with Gasteiger partial charge in [-0.1, -0.05) is 24.4 Å². The average Bonchev–Trinajstić information content (AvgIpc) is 3.07. The Balaban J connectivity index is 1.93. The highest BCUT2D eigenvalue weighted by Crippen LogP contribution is 2.42. The molecule has 1 aromatic rings. The van der Waals surface area contributed by atoms with E-state index in [9.17, 15) is 22.8 Å². The van der Waals surface area contributed by atoms with Crippen molar-refractivity contribution in [3.05, 3.63) is 17.1 Å². The van der Waals surface area contributed by atoms with Crippen molar-refractivity contribution in [2.45, 2.75) is 50.4 Å². The zero-order valence-electron chi connectivity index (χ0n) is 17.4. The molecule has 1 amide bonds. The Morgan fingerprint density at radius 1 is 1.31 bits per heavy atom. The second-order valence-corrected chi connectivity index (χ2v) is 10.0. The fourth-order valence-electron chi connectivity index (χ4n) is 3.07. The van der Waals surface area contributed by atoms with Crippen LogP contribution in [0.15, 0.2) is 11.3 Å². The summed E-state index contributed by atoms with van der Waals surface area (Å²) >= 11 is 11.5. The third-order valence-corrected chi connectivity index (χ3v) is 6.31. The number of rotatable bonds is 5. The van der Waals surface area contributed by atoms with Crippen molar-refractivity contribution >= 4 is 57.9 Å². The lowest BCUT2D eigenvalue weighted by Crippen LogP contribution is -2.70. The van der Waals surface area contributed by atoms with E-state index >= 15 is 0 Å². The molecule has 0 bridgehead atoms. The van der Waals surface area contributed by atoms with Gasteiger partial charge in [0.05, 0.1) is 16.3 Å². The van der Waals surface area contributed by atoms with E-state index in [0.717, 1.165) is 0 Å². The smallest absolute Gasteiger partial charge is 0.395 e. The summed E-state index contributed by atoms with van der Waals surface area (Å²) in [4.78, 5) is 26.8. The Bertz CT molecular complexity index is 1020. The number of nitrogens with zero attached hydrogens (tertiary/aromatic N) is 5. The van der Waals surface area contributed by atoms with Crippen molar-refractivity contribution in [3.63, 3.8) is 0 Å². The standard InChI is InChI=1S/C17H19F3N6O3S3/c1-16(2,3)29-15(28)10-7(11(31)12-22-23-24-25(12)4)6-32-14-9(13(27)26(10)14)21-8(30)5-17(18,19)20/h9,14H,5-6H2,1-4H3,(H,21,30)/t9-,14+/m1/s1. The first-order chi connectivity index (χ1) is 14.7. The monoisotopic (exact) mass is 508 g/mol. The van der Waals surface area contributed by atoms with Crippen molar-refractivity contribution in [3.8, 4) is 0 Å². The van der Waals surface area contributed by atoms with Crippen molar-refractivity contribution in [2.75, 3.05) is 5.75 Å². The van der Waals surface area contributed by atoms with E-state index in [-0.39, 0.29) is 22.1 Å². The van der Waals surface area contributed by atoms with Gasteiger partial charge in [-0.25, -0.2) is 9.48 Å². The number of thioether (sulfide) groups is 1. The first kappa shape index (κ1) is 24.5. The Morgan fingerprint density at radius 3 is 2.50 bits per heavy atom. The second-order valence-electron chi connectivity index (χ2n) is 8.03. The highest BCUT2D eigenvalue weighted by Gasteiger charge is 2.55. The molecule has 174 valence electrons. The predicted octanol–water partition coefficient (Wildman–Crippen LogP) is 1.68. The molecule has 0 spiro atoms. The Hall–Kier alpha value is -2.13. The normalized spacial score (nSPS) is 21.1. The zero-order valence-corrected chi connectivity index (χ0v) is 19.8. The van der Waals surface area contributed by atoms with Gasteiger partial charge in [0, 0.05) is 18.4 Å². The Kier molecular flexibility index (Phi) is 6.64. The van der Waals surface area contributed by atoms with E-state index in [0.29, 0.717) is 5.57 Å². The van der Waals surface area contributed by atoms with Crippen LogP contribution in [0.1, 0.15) is 33.0 Å². The number of ether oxygens (including phenoxy) is 1. The summed E-state index contributed by atoms with van der Waals surface area (Å²) in [5.41, 5.74) is -0.595. The molecule has 0 saturated carbocycles. The molecule has 15 heteroatoms. The molecule has 3 rings (SSSR count). The van der Waals surface area contributed by atoms with Crippen LogP contribution >= 0.6 is 36.2 Å². The summed E-state index contributed by atoms with van der Waals surface area (Å²) in [5.74, 6) is -0.966. The minimum atomic E-state index is -4.50. The quantitative estimate of drug-likeness (QED) is 0.274. The number of nitrogens with one attached hydrogen (secondary N) is 1. The number of aryl methyl sites for hydroxylation is 1. The fraction of sp³-hybridized carbons (Fsp3) is 0.588. The van der Waals surface area contributed by atoms with Gasteiger partial charge in [-0.15, -0.1) is 16.9 Å². The number of aromatic nitrogens is 4. The lowest BCUT2D eigenvalue weighted by molar-refractivity contribution is -0.158. The maximum Gasteiger partial charge on any atom is 0.395 e. The largest absolute Gasteiger partial charge is 0.455 e. The zero-order chi connectivity index (χ0) is 24.0. The topological polar surface area (TPSA) is 102 Å².